The Balaban J connectivity index is 2.01. The summed E-state index contributed by atoms with van der Waals surface area (Å²) in [5.74, 6) is 0. The van der Waals surface area contributed by atoms with Crippen molar-refractivity contribution in [3.63, 3.8) is 0 Å². The number of anilines is 1. The second kappa shape index (κ2) is 6.16. The lowest BCUT2D eigenvalue weighted by molar-refractivity contribution is -0.385. The van der Waals surface area contributed by atoms with E-state index in [9.17, 15) is 10.1 Å². The van der Waals surface area contributed by atoms with Crippen LogP contribution in [-0.4, -0.2) is 11.5 Å². The molecule has 5 heteroatoms. The Morgan fingerprint density at radius 2 is 1.95 bits per heavy atom. The second-order valence-corrected chi connectivity index (χ2v) is 4.66. The predicted octanol–water partition coefficient (Wildman–Crippen LogP) is 3.02. The molecule has 3 N–H and O–H groups in total. The highest BCUT2D eigenvalue weighted by Crippen LogP contribution is 2.22. The highest BCUT2D eigenvalue weighted by atomic mass is 16.6. The highest BCUT2D eigenvalue weighted by molar-refractivity contribution is 5.53. The van der Waals surface area contributed by atoms with Crippen molar-refractivity contribution in [2.75, 3.05) is 11.9 Å². The van der Waals surface area contributed by atoms with Crippen molar-refractivity contribution >= 4 is 11.4 Å². The van der Waals surface area contributed by atoms with Crippen molar-refractivity contribution in [3.8, 4) is 0 Å². The summed E-state index contributed by atoms with van der Waals surface area (Å²) in [6, 6.07) is 14.7. The van der Waals surface area contributed by atoms with Gasteiger partial charge in [0.2, 0.25) is 0 Å². The SMILES string of the molecule is Cc1cc(NCC(N)c2ccccc2)ccc1[N+](=O)[O-]. The Hall–Kier alpha value is -2.40. The predicted molar refractivity (Wildman–Crippen MR) is 79.7 cm³/mol. The summed E-state index contributed by atoms with van der Waals surface area (Å²) in [6.45, 7) is 2.29. The zero-order valence-corrected chi connectivity index (χ0v) is 11.2. The lowest BCUT2D eigenvalue weighted by atomic mass is 10.1. The minimum Gasteiger partial charge on any atom is -0.383 e. The number of nitrogens with one attached hydrogen (secondary N) is 1. The monoisotopic (exact) mass is 271 g/mol. The summed E-state index contributed by atoms with van der Waals surface area (Å²) in [7, 11) is 0. The van der Waals surface area contributed by atoms with Gasteiger partial charge in [-0.25, -0.2) is 0 Å². The van der Waals surface area contributed by atoms with E-state index in [-0.39, 0.29) is 16.7 Å². The summed E-state index contributed by atoms with van der Waals surface area (Å²) in [6.07, 6.45) is 0. The molecular weight excluding hydrogens is 254 g/mol. The van der Waals surface area contributed by atoms with Gasteiger partial charge in [-0.2, -0.15) is 0 Å². The molecular formula is C15H17N3O2. The summed E-state index contributed by atoms with van der Waals surface area (Å²) < 4.78 is 0. The smallest absolute Gasteiger partial charge is 0.272 e. The molecule has 0 aliphatic rings. The standard InChI is InChI=1S/C15H17N3O2/c1-11-9-13(7-8-15(11)18(19)20)17-10-14(16)12-5-3-2-4-6-12/h2-9,14,17H,10,16H2,1H3. The maximum absolute atomic E-state index is 10.7. The molecule has 1 unspecified atom stereocenters. The fourth-order valence-corrected chi connectivity index (χ4v) is 2.02. The molecule has 0 spiro atoms. The minimum atomic E-state index is -0.380. The molecule has 0 radical (unpaired) electrons. The van der Waals surface area contributed by atoms with Crippen molar-refractivity contribution < 1.29 is 4.92 Å². The van der Waals surface area contributed by atoms with Gasteiger partial charge in [-0.1, -0.05) is 30.3 Å². The van der Waals surface area contributed by atoms with Gasteiger partial charge in [0.05, 0.1) is 4.92 Å². The number of hydrogen-bond donors (Lipinski definition) is 2. The number of hydrogen-bond acceptors (Lipinski definition) is 4. The Morgan fingerprint density at radius 3 is 2.55 bits per heavy atom. The van der Waals surface area contributed by atoms with Crippen LogP contribution in [0.4, 0.5) is 11.4 Å². The zero-order chi connectivity index (χ0) is 14.5. The van der Waals surface area contributed by atoms with E-state index in [1.165, 1.54) is 6.07 Å². The normalized spacial score (nSPS) is 11.9. The van der Waals surface area contributed by atoms with Gasteiger partial charge in [-0.05, 0) is 24.6 Å². The lowest BCUT2D eigenvalue weighted by Gasteiger charge is -2.14. The number of nitrogens with two attached hydrogens (primary N) is 1. The molecule has 2 rings (SSSR count). The molecule has 0 fully saturated rings. The molecule has 0 saturated carbocycles. The van der Waals surface area contributed by atoms with Crippen LogP contribution >= 0.6 is 0 Å². The van der Waals surface area contributed by atoms with Gasteiger partial charge in [0.15, 0.2) is 0 Å². The maximum Gasteiger partial charge on any atom is 0.272 e. The maximum atomic E-state index is 10.7. The van der Waals surface area contributed by atoms with Crippen LogP contribution in [-0.2, 0) is 0 Å². The number of rotatable bonds is 5. The molecule has 0 aliphatic carbocycles. The van der Waals surface area contributed by atoms with E-state index in [0.29, 0.717) is 12.1 Å². The van der Waals surface area contributed by atoms with Gasteiger partial charge in [0.25, 0.3) is 5.69 Å². The minimum absolute atomic E-state index is 0.119. The molecule has 104 valence electrons. The molecule has 2 aromatic rings. The zero-order valence-electron chi connectivity index (χ0n) is 11.2. The van der Waals surface area contributed by atoms with E-state index in [1.54, 1.807) is 19.1 Å². The van der Waals surface area contributed by atoms with Gasteiger partial charge < -0.3 is 11.1 Å². The fourth-order valence-electron chi connectivity index (χ4n) is 2.02. The van der Waals surface area contributed by atoms with Crippen LogP contribution in [0.5, 0.6) is 0 Å². The Morgan fingerprint density at radius 1 is 1.25 bits per heavy atom. The van der Waals surface area contributed by atoms with Crippen LogP contribution in [0.25, 0.3) is 0 Å². The topological polar surface area (TPSA) is 81.2 Å². The first-order valence-electron chi connectivity index (χ1n) is 6.37. The van der Waals surface area contributed by atoms with Crippen LogP contribution in [0.1, 0.15) is 17.2 Å². The molecule has 0 bridgehead atoms. The summed E-state index contributed by atoms with van der Waals surface area (Å²) in [5.41, 5.74) is 8.74. The van der Waals surface area contributed by atoms with E-state index >= 15 is 0 Å². The van der Waals surface area contributed by atoms with E-state index in [0.717, 1.165) is 11.3 Å². The van der Waals surface area contributed by atoms with Gasteiger partial charge in [0.1, 0.15) is 0 Å². The summed E-state index contributed by atoms with van der Waals surface area (Å²) in [4.78, 5) is 10.4. The summed E-state index contributed by atoms with van der Waals surface area (Å²) in [5, 5.41) is 14.0. The third-order valence-corrected chi connectivity index (χ3v) is 3.15. The van der Waals surface area contributed by atoms with E-state index in [2.05, 4.69) is 5.32 Å². The molecule has 1 atom stereocenters. The van der Waals surface area contributed by atoms with E-state index < -0.39 is 0 Å². The lowest BCUT2D eigenvalue weighted by Crippen LogP contribution is -2.20. The van der Waals surface area contributed by atoms with Crippen LogP contribution in [0.3, 0.4) is 0 Å². The van der Waals surface area contributed by atoms with Crippen LogP contribution in [0.2, 0.25) is 0 Å². The average molecular weight is 271 g/mol. The Labute approximate surface area is 117 Å². The largest absolute Gasteiger partial charge is 0.383 e. The van der Waals surface area contributed by atoms with Gasteiger partial charge in [0, 0.05) is 29.9 Å². The highest BCUT2D eigenvalue weighted by Gasteiger charge is 2.10. The molecule has 0 aromatic heterocycles. The molecule has 20 heavy (non-hydrogen) atoms. The van der Waals surface area contributed by atoms with Gasteiger partial charge in [-0.15, -0.1) is 0 Å². The molecule has 2 aromatic carbocycles. The summed E-state index contributed by atoms with van der Waals surface area (Å²) >= 11 is 0. The molecule has 0 saturated heterocycles. The molecule has 5 nitrogen and oxygen atoms in total. The fraction of sp³-hybridized carbons (Fsp3) is 0.200. The second-order valence-electron chi connectivity index (χ2n) is 4.66. The first kappa shape index (κ1) is 14.0. The molecule has 0 aliphatic heterocycles. The number of nitrogens with zero attached hydrogens (tertiary/aromatic N) is 1. The average Bonchev–Trinajstić information content (AvgIpc) is 2.45. The van der Waals surface area contributed by atoms with E-state index in [4.69, 9.17) is 5.73 Å². The molecule has 0 heterocycles. The van der Waals surface area contributed by atoms with Crippen molar-refractivity contribution in [1.82, 2.24) is 0 Å². The Bertz CT molecular complexity index is 599. The van der Waals surface area contributed by atoms with E-state index in [1.807, 2.05) is 30.3 Å². The number of benzene rings is 2. The van der Waals surface area contributed by atoms with Crippen molar-refractivity contribution in [3.05, 3.63) is 69.8 Å². The number of nitro benzene ring substituents is 1. The molecule has 0 amide bonds. The van der Waals surface area contributed by atoms with Crippen molar-refractivity contribution in [2.24, 2.45) is 5.73 Å². The number of nitro groups is 1. The van der Waals surface area contributed by atoms with Crippen LogP contribution in [0.15, 0.2) is 48.5 Å². The Kier molecular flexibility index (Phi) is 4.32. The third-order valence-electron chi connectivity index (χ3n) is 3.15. The third kappa shape index (κ3) is 3.33. The van der Waals surface area contributed by atoms with Gasteiger partial charge in [-0.3, -0.25) is 10.1 Å². The van der Waals surface area contributed by atoms with Gasteiger partial charge >= 0.3 is 0 Å². The van der Waals surface area contributed by atoms with Crippen molar-refractivity contribution in [2.45, 2.75) is 13.0 Å². The number of aryl methyl sites for hydroxylation is 1. The quantitative estimate of drug-likeness (QED) is 0.647. The van der Waals surface area contributed by atoms with Crippen LogP contribution < -0.4 is 11.1 Å². The first-order valence-corrected chi connectivity index (χ1v) is 6.37. The van der Waals surface area contributed by atoms with Crippen molar-refractivity contribution in [1.29, 1.82) is 0 Å². The first-order chi connectivity index (χ1) is 9.58. The van der Waals surface area contributed by atoms with Crippen LogP contribution in [0, 0.1) is 17.0 Å².